The summed E-state index contributed by atoms with van der Waals surface area (Å²) in [6.07, 6.45) is -9.88. The van der Waals surface area contributed by atoms with E-state index in [4.69, 9.17) is 33.2 Å². The zero-order chi connectivity index (χ0) is 63.6. The van der Waals surface area contributed by atoms with Gasteiger partial charge in [0, 0.05) is 74.9 Å². The van der Waals surface area contributed by atoms with Crippen LogP contribution in [0, 0.1) is 29.6 Å². The molecule has 2 amide bonds. The predicted molar refractivity (Wildman–Crippen MR) is 309 cm³/mol. The Morgan fingerprint density at radius 1 is 0.818 bits per heavy atom. The topological polar surface area (TPSA) is 333 Å². The van der Waals surface area contributed by atoms with Crippen LogP contribution in [0.15, 0.2) is 118 Å². The van der Waals surface area contributed by atoms with Crippen molar-refractivity contribution in [3.05, 3.63) is 152 Å². The van der Waals surface area contributed by atoms with Gasteiger partial charge in [0.05, 0.1) is 42.3 Å². The van der Waals surface area contributed by atoms with E-state index in [9.17, 15) is 58.8 Å². The van der Waals surface area contributed by atoms with Crippen molar-refractivity contribution in [1.29, 1.82) is 0 Å². The maximum Gasteiger partial charge on any atom is 0.407 e. The summed E-state index contributed by atoms with van der Waals surface area (Å²) in [4.78, 5) is 127. The van der Waals surface area contributed by atoms with Gasteiger partial charge in [0.2, 0.25) is 5.78 Å². The molecule has 3 aromatic carbocycles. The Hall–Kier alpha value is -7.87. The number of fused-ring (bicyclic) bond motifs is 5. The van der Waals surface area contributed by atoms with Gasteiger partial charge in [0.25, 0.3) is 11.5 Å². The van der Waals surface area contributed by atoms with E-state index < -0.39 is 167 Å². The van der Waals surface area contributed by atoms with Gasteiger partial charge in [-0.25, -0.2) is 19.2 Å². The highest BCUT2D eigenvalue weighted by molar-refractivity contribution is 6.02. The second kappa shape index (κ2) is 26.1. The zero-order valence-electron chi connectivity index (χ0n) is 50.1. The van der Waals surface area contributed by atoms with Crippen LogP contribution < -0.4 is 21.9 Å². The van der Waals surface area contributed by atoms with Crippen molar-refractivity contribution in [2.45, 2.75) is 166 Å². The smallest absolute Gasteiger partial charge is 0.407 e. The van der Waals surface area contributed by atoms with Crippen molar-refractivity contribution in [1.82, 2.24) is 19.8 Å². The Balaban J connectivity index is 1.03. The second-order valence-corrected chi connectivity index (χ2v) is 24.2. The lowest BCUT2D eigenvalue weighted by molar-refractivity contribution is -0.345. The molecule has 2 saturated carbocycles. The van der Waals surface area contributed by atoms with Gasteiger partial charge in [0.1, 0.15) is 42.3 Å². The molecule has 24 heteroatoms. The molecule has 88 heavy (non-hydrogen) atoms. The van der Waals surface area contributed by atoms with E-state index >= 15 is 4.79 Å². The van der Waals surface area contributed by atoms with E-state index in [0.717, 1.165) is 18.4 Å². The van der Waals surface area contributed by atoms with Crippen molar-refractivity contribution in [3.8, 4) is 0 Å². The lowest BCUT2D eigenvalue weighted by Gasteiger charge is -2.67. The minimum atomic E-state index is -2.54. The number of nitrogens with one attached hydrogen (secondary N) is 2. The molecule has 24 nitrogen and oxygen atoms in total. The number of hydrogen-bond acceptors (Lipinski definition) is 20. The van der Waals surface area contributed by atoms with Crippen LogP contribution in [0.3, 0.4) is 0 Å². The number of nitrogens with zero attached hydrogens (tertiary/aromatic N) is 2. The molecule has 0 spiro atoms. The van der Waals surface area contributed by atoms with Crippen molar-refractivity contribution < 1.29 is 87.1 Å². The fourth-order valence-electron chi connectivity index (χ4n) is 13.7. The first-order chi connectivity index (χ1) is 41.8. The number of amides is 2. The maximum absolute atomic E-state index is 16.4. The Morgan fingerprint density at radius 3 is 2.06 bits per heavy atom. The summed E-state index contributed by atoms with van der Waals surface area (Å²) in [7, 11) is 0. The van der Waals surface area contributed by atoms with Crippen molar-refractivity contribution in [3.63, 3.8) is 0 Å². The molecule has 2 aliphatic heterocycles. The molecule has 1 aromatic heterocycles. The summed E-state index contributed by atoms with van der Waals surface area (Å²) in [5.74, 6) is -9.26. The van der Waals surface area contributed by atoms with Gasteiger partial charge >= 0.3 is 35.7 Å². The first kappa shape index (κ1) is 64.6. The van der Waals surface area contributed by atoms with Gasteiger partial charge in [-0.1, -0.05) is 100 Å². The van der Waals surface area contributed by atoms with Crippen LogP contribution in [-0.2, 0) is 58.9 Å². The number of aromatic nitrogens is 2. The summed E-state index contributed by atoms with van der Waals surface area (Å²) >= 11 is 0. The summed E-state index contributed by atoms with van der Waals surface area (Å²) in [6.45, 7) is 8.95. The minimum Gasteiger partial charge on any atom is -0.460 e. The van der Waals surface area contributed by atoms with E-state index in [1.807, 2.05) is 0 Å². The van der Waals surface area contributed by atoms with Gasteiger partial charge in [0.15, 0.2) is 17.5 Å². The Bertz CT molecular complexity index is 3440. The first-order valence-electron chi connectivity index (χ1n) is 29.6. The number of esters is 4. The molecule has 5 aliphatic rings. The highest BCUT2D eigenvalue weighted by atomic mass is 16.6. The third kappa shape index (κ3) is 12.2. The number of allylic oxidation sites excluding steroid dienone is 1. The molecule has 472 valence electrons. The fourth-order valence-corrected chi connectivity index (χ4v) is 13.7. The van der Waals surface area contributed by atoms with Crippen LogP contribution >= 0.6 is 0 Å². The highest BCUT2D eigenvalue weighted by Crippen LogP contribution is 2.65. The van der Waals surface area contributed by atoms with Gasteiger partial charge in [-0.05, 0) is 62.1 Å². The summed E-state index contributed by atoms with van der Waals surface area (Å²) in [5, 5.41) is 51.5. The van der Waals surface area contributed by atoms with Crippen molar-refractivity contribution in [2.75, 3.05) is 19.8 Å². The second-order valence-electron chi connectivity index (χ2n) is 24.2. The fraction of sp³-hybridized carbons (Fsp3) is 0.516. The van der Waals surface area contributed by atoms with Crippen LogP contribution in [0.4, 0.5) is 4.79 Å². The summed E-state index contributed by atoms with van der Waals surface area (Å²) in [6, 6.07) is 22.6. The highest BCUT2D eigenvalue weighted by Gasteiger charge is 2.79. The molecular weight excluding hydrogens is 1140 g/mol. The number of ketones is 1. The molecule has 9 rings (SSSR count). The molecule has 14 atom stereocenters. The van der Waals surface area contributed by atoms with Crippen LogP contribution in [0.2, 0.25) is 0 Å². The summed E-state index contributed by atoms with van der Waals surface area (Å²) < 4.78 is 45.4. The number of Topliss-reactive ketones (excluding diaryl/α,β-unsaturated/α-hetero) is 1. The van der Waals surface area contributed by atoms with E-state index in [0.29, 0.717) is 31.2 Å². The minimum absolute atomic E-state index is 0.00183. The molecule has 4 fully saturated rings. The zero-order valence-corrected chi connectivity index (χ0v) is 50.1. The first-order valence-corrected chi connectivity index (χ1v) is 29.6. The number of aliphatic hydroxyl groups excluding tert-OH is 3. The lowest BCUT2D eigenvalue weighted by atomic mass is 9.45. The third-order valence-corrected chi connectivity index (χ3v) is 18.3. The number of benzene rings is 3. The van der Waals surface area contributed by atoms with Crippen molar-refractivity contribution in [2.24, 2.45) is 22.7 Å². The molecule has 2 bridgehead atoms. The van der Waals surface area contributed by atoms with Crippen LogP contribution in [0.5, 0.6) is 0 Å². The van der Waals surface area contributed by atoms with Crippen LogP contribution in [0.1, 0.15) is 131 Å². The number of alkyl carbamates (subject to hydrolysis) is 1. The number of rotatable bonds is 20. The molecule has 4 unspecified atom stereocenters. The molecule has 3 aliphatic carbocycles. The average molecular weight is 1220 g/mol. The normalized spacial score (nSPS) is 29.3. The molecule has 0 radical (unpaired) electrons. The van der Waals surface area contributed by atoms with Gasteiger partial charge in [-0.3, -0.25) is 33.1 Å². The Morgan fingerprint density at radius 2 is 1.45 bits per heavy atom. The Labute approximate surface area is 507 Å². The van der Waals surface area contributed by atoms with E-state index in [2.05, 4.69) is 10.6 Å². The van der Waals surface area contributed by atoms with E-state index in [-0.39, 0.29) is 48.2 Å². The van der Waals surface area contributed by atoms with Crippen molar-refractivity contribution >= 4 is 41.7 Å². The molecule has 3 heterocycles. The van der Waals surface area contributed by atoms with Gasteiger partial charge in [-0.2, -0.15) is 0 Å². The molecule has 6 N–H and O–H groups in total. The average Bonchev–Trinajstić information content (AvgIpc) is 0.722. The largest absolute Gasteiger partial charge is 0.460 e. The molecule has 2 saturated heterocycles. The number of aliphatic hydroxyl groups is 4. The standard InChI is InChI=1S/C64H76N4O20/c1-35-32-68(47-29-42(72)44(33-69)84-47)60(80)67(56(35)76)28-20-9-8-19-27-65-59(79)86-45-30-46-63(34-82-46,88-38(4)71)52-54(87-57(77)41-25-17-12-18-26-41)64(81)31-43(36(2)48(61(64,5)6)51(83-37(3)70)53(74)62(45,52)7)85-58(78)50(73)49(39-21-13-10-14-22-39)66-55(75)40-23-15-11-16-24-40/h10-18,21-26,32,36,42-47,49-50,52,54,69,72-73,81H,8-9,19-20,27-31,33-34H2,1-7H3,(H,65,79)(H,66,75)/t36?,42?,43-,44+,45-,46?,47+,49-,50+,52-,54-,62?,63-,64+/m0/s1. The predicted octanol–water partition coefficient (Wildman–Crippen LogP) is 4.21. The number of ether oxygens (including phenoxy) is 7. The molecular formula is C64H76N4O20. The number of unbranched alkanes of at least 4 members (excludes halogenated alkanes) is 3. The third-order valence-electron chi connectivity index (χ3n) is 18.3. The number of carbonyl (C=O) groups excluding carboxylic acids is 7. The number of aryl methyl sites for hydroxylation is 1. The number of hydrogen-bond donors (Lipinski definition) is 6. The van der Waals surface area contributed by atoms with Crippen LogP contribution in [0.25, 0.3) is 0 Å². The van der Waals surface area contributed by atoms with Gasteiger partial charge < -0.3 is 64.2 Å². The Kier molecular flexibility index (Phi) is 19.1. The van der Waals surface area contributed by atoms with Gasteiger partial charge in [-0.15, -0.1) is 0 Å². The lowest BCUT2D eigenvalue weighted by Crippen LogP contribution is -2.81. The van der Waals surface area contributed by atoms with E-state index in [1.165, 1.54) is 43.7 Å². The number of carbonyl (C=O) groups is 7. The quantitative estimate of drug-likeness (QED) is 0.0410. The molecule has 4 aromatic rings. The van der Waals surface area contributed by atoms with E-state index in [1.54, 1.807) is 92.7 Å². The monoisotopic (exact) mass is 1220 g/mol. The summed E-state index contributed by atoms with van der Waals surface area (Å²) in [5.41, 5.74) is -8.90. The van der Waals surface area contributed by atoms with Crippen LogP contribution in [-0.4, -0.2) is 145 Å². The SMILES string of the molecule is CC(=O)OC1=C2C(C)[C@@H](OC(=O)[C@H](O)[C@@H](NC(=O)c3ccccc3)c3ccccc3)C[C@@](O)([C@@H](OC(=O)c3ccccc3)[C@H]3C(C)(C1=O)[C@@H](OC(=O)NCCCCCCn1c(=O)c(C)cn([C@H]4CC(O)[C@@H](CO)O4)c1=O)CC1OC[C@]13OC(C)=O)C2(C)C. The maximum atomic E-state index is 16.4.